The van der Waals surface area contributed by atoms with Crippen LogP contribution in [-0.2, 0) is 0 Å². The van der Waals surface area contributed by atoms with Crippen LogP contribution in [0.3, 0.4) is 0 Å². The Kier molecular flexibility index (Phi) is 4.90. The van der Waals surface area contributed by atoms with Crippen LogP contribution < -0.4 is 15.8 Å². The maximum atomic E-state index is 5.74. The largest absolute Gasteiger partial charge is 0.494 e. The number of hydrogen-bond donors (Lipinski definition) is 2. The van der Waals surface area contributed by atoms with E-state index in [0.717, 1.165) is 39.4 Å². The van der Waals surface area contributed by atoms with Crippen LogP contribution in [0.2, 0.25) is 0 Å². The molecular weight excluding hydrogens is 351 g/mol. The van der Waals surface area contributed by atoms with Crippen LogP contribution in [0.1, 0.15) is 13.3 Å². The van der Waals surface area contributed by atoms with Gasteiger partial charge in [0.1, 0.15) is 5.75 Å². The molecule has 3 N–H and O–H groups in total. The molecule has 0 bridgehead atoms. The molecule has 4 heteroatoms. The highest BCUT2D eigenvalue weighted by molar-refractivity contribution is 14.1. The number of nitrogens with one attached hydrogen (secondary N) is 1. The minimum Gasteiger partial charge on any atom is -0.494 e. The van der Waals surface area contributed by atoms with Crippen molar-refractivity contribution in [1.29, 1.82) is 0 Å². The summed E-state index contributed by atoms with van der Waals surface area (Å²) < 4.78 is 6.65. The minimum absolute atomic E-state index is 0.753. The summed E-state index contributed by atoms with van der Waals surface area (Å²) in [6, 6.07) is 13.8. The van der Waals surface area contributed by atoms with E-state index in [2.05, 4.69) is 34.8 Å². The van der Waals surface area contributed by atoms with Crippen molar-refractivity contribution in [2.45, 2.75) is 13.3 Å². The predicted octanol–water partition coefficient (Wildman–Crippen LogP) is 4.41. The van der Waals surface area contributed by atoms with Crippen molar-refractivity contribution in [2.24, 2.45) is 0 Å². The van der Waals surface area contributed by atoms with Gasteiger partial charge >= 0.3 is 0 Å². The quantitative estimate of drug-likeness (QED) is 0.607. The van der Waals surface area contributed by atoms with E-state index >= 15 is 0 Å². The summed E-state index contributed by atoms with van der Waals surface area (Å²) in [5.74, 6) is 0.902. The second kappa shape index (κ2) is 6.65. The second-order valence-electron chi connectivity index (χ2n) is 4.24. The third-order valence-corrected chi connectivity index (χ3v) is 3.49. The Morgan fingerprint density at radius 1 is 1.16 bits per heavy atom. The Morgan fingerprint density at radius 3 is 2.53 bits per heavy atom. The molecule has 0 saturated heterocycles. The molecule has 0 unspecified atom stereocenters. The molecule has 0 amide bonds. The van der Waals surface area contributed by atoms with E-state index < -0.39 is 0 Å². The van der Waals surface area contributed by atoms with Gasteiger partial charge in [-0.3, -0.25) is 0 Å². The number of benzene rings is 2. The maximum absolute atomic E-state index is 5.74. The monoisotopic (exact) mass is 368 g/mol. The van der Waals surface area contributed by atoms with Gasteiger partial charge in [0.05, 0.1) is 12.3 Å². The van der Waals surface area contributed by atoms with Crippen molar-refractivity contribution in [1.82, 2.24) is 0 Å². The van der Waals surface area contributed by atoms with E-state index in [1.54, 1.807) is 0 Å². The van der Waals surface area contributed by atoms with Crippen molar-refractivity contribution >= 4 is 39.7 Å². The van der Waals surface area contributed by atoms with Crippen LogP contribution in [0, 0.1) is 3.57 Å². The van der Waals surface area contributed by atoms with E-state index in [1.807, 2.05) is 42.5 Å². The van der Waals surface area contributed by atoms with Crippen molar-refractivity contribution in [3.8, 4) is 5.75 Å². The normalized spacial score (nSPS) is 10.2. The maximum Gasteiger partial charge on any atom is 0.119 e. The van der Waals surface area contributed by atoms with Gasteiger partial charge in [0.15, 0.2) is 0 Å². The van der Waals surface area contributed by atoms with Crippen LogP contribution in [0.4, 0.5) is 17.1 Å². The van der Waals surface area contributed by atoms with Crippen molar-refractivity contribution in [2.75, 3.05) is 17.7 Å². The van der Waals surface area contributed by atoms with Gasteiger partial charge in [-0.1, -0.05) is 6.92 Å². The predicted molar refractivity (Wildman–Crippen MR) is 89.1 cm³/mol. The average Bonchev–Trinajstić information content (AvgIpc) is 2.41. The lowest BCUT2D eigenvalue weighted by Gasteiger charge is -2.10. The lowest BCUT2D eigenvalue weighted by molar-refractivity contribution is 0.317. The molecule has 0 aliphatic heterocycles. The molecule has 100 valence electrons. The van der Waals surface area contributed by atoms with Gasteiger partial charge < -0.3 is 15.8 Å². The first kappa shape index (κ1) is 14.0. The van der Waals surface area contributed by atoms with Gasteiger partial charge in [-0.15, -0.1) is 0 Å². The molecule has 2 rings (SSSR count). The van der Waals surface area contributed by atoms with E-state index in [-0.39, 0.29) is 0 Å². The lowest BCUT2D eigenvalue weighted by atomic mass is 10.2. The topological polar surface area (TPSA) is 47.3 Å². The van der Waals surface area contributed by atoms with E-state index in [4.69, 9.17) is 10.5 Å². The van der Waals surface area contributed by atoms with E-state index in [9.17, 15) is 0 Å². The van der Waals surface area contributed by atoms with Gasteiger partial charge in [-0.05, 0) is 71.5 Å². The molecule has 0 aliphatic rings. The zero-order valence-electron chi connectivity index (χ0n) is 10.8. The molecule has 2 aromatic carbocycles. The first-order chi connectivity index (χ1) is 9.19. The summed E-state index contributed by atoms with van der Waals surface area (Å²) in [5, 5.41) is 3.36. The Labute approximate surface area is 127 Å². The summed E-state index contributed by atoms with van der Waals surface area (Å²) in [6.45, 7) is 2.85. The molecule has 3 nitrogen and oxygen atoms in total. The highest BCUT2D eigenvalue weighted by atomic mass is 127. The third-order valence-electron chi connectivity index (χ3n) is 2.60. The summed E-state index contributed by atoms with van der Waals surface area (Å²) in [7, 11) is 0. The van der Waals surface area contributed by atoms with E-state index in [0.29, 0.717) is 0 Å². The van der Waals surface area contributed by atoms with Crippen LogP contribution in [0.15, 0.2) is 42.5 Å². The molecule has 0 atom stereocenters. The van der Waals surface area contributed by atoms with Gasteiger partial charge in [0, 0.05) is 14.9 Å². The SMILES string of the molecule is CCCOc1ccc(Nc2ccc(N)cc2I)cc1. The summed E-state index contributed by atoms with van der Waals surface area (Å²) in [6.07, 6.45) is 1.02. The summed E-state index contributed by atoms with van der Waals surface area (Å²) in [4.78, 5) is 0. The van der Waals surface area contributed by atoms with Gasteiger partial charge in [0.25, 0.3) is 0 Å². The Balaban J connectivity index is 2.06. The third kappa shape index (κ3) is 4.02. The number of nitrogens with two attached hydrogens (primary N) is 1. The fourth-order valence-electron chi connectivity index (χ4n) is 1.64. The summed E-state index contributed by atoms with van der Waals surface area (Å²) >= 11 is 2.27. The number of rotatable bonds is 5. The number of hydrogen-bond acceptors (Lipinski definition) is 3. The Morgan fingerprint density at radius 2 is 1.89 bits per heavy atom. The number of anilines is 3. The first-order valence-corrected chi connectivity index (χ1v) is 7.32. The highest BCUT2D eigenvalue weighted by Gasteiger charge is 2.01. The van der Waals surface area contributed by atoms with Gasteiger partial charge in [-0.25, -0.2) is 0 Å². The highest BCUT2D eigenvalue weighted by Crippen LogP contribution is 2.25. The van der Waals surface area contributed by atoms with Crippen LogP contribution in [-0.4, -0.2) is 6.61 Å². The molecule has 0 radical (unpaired) electrons. The Hall–Kier alpha value is -1.43. The fourth-order valence-corrected chi connectivity index (χ4v) is 2.32. The minimum atomic E-state index is 0.753. The molecule has 0 aliphatic carbocycles. The first-order valence-electron chi connectivity index (χ1n) is 6.24. The summed E-state index contributed by atoms with van der Waals surface area (Å²) in [5.41, 5.74) is 8.60. The standard InChI is InChI=1S/C15H17IN2O/c1-2-9-19-13-6-4-12(5-7-13)18-15-8-3-11(17)10-14(15)16/h3-8,10,18H,2,9,17H2,1H3. The second-order valence-corrected chi connectivity index (χ2v) is 5.40. The molecule has 0 heterocycles. The average molecular weight is 368 g/mol. The molecule has 0 fully saturated rings. The molecule has 0 aromatic heterocycles. The lowest BCUT2D eigenvalue weighted by Crippen LogP contribution is -1.96. The van der Waals surface area contributed by atoms with Crippen molar-refractivity contribution in [3.63, 3.8) is 0 Å². The fraction of sp³-hybridized carbons (Fsp3) is 0.200. The van der Waals surface area contributed by atoms with Crippen LogP contribution in [0.5, 0.6) is 5.75 Å². The van der Waals surface area contributed by atoms with Gasteiger partial charge in [-0.2, -0.15) is 0 Å². The molecule has 19 heavy (non-hydrogen) atoms. The van der Waals surface area contributed by atoms with Gasteiger partial charge in [0.2, 0.25) is 0 Å². The van der Waals surface area contributed by atoms with Crippen LogP contribution >= 0.6 is 22.6 Å². The number of nitrogen functional groups attached to an aromatic ring is 1. The molecule has 2 aromatic rings. The molecule has 0 spiro atoms. The number of ether oxygens (including phenoxy) is 1. The zero-order valence-corrected chi connectivity index (χ0v) is 13.0. The zero-order chi connectivity index (χ0) is 13.7. The van der Waals surface area contributed by atoms with Crippen LogP contribution in [0.25, 0.3) is 0 Å². The Bertz CT molecular complexity index is 540. The van der Waals surface area contributed by atoms with Crippen molar-refractivity contribution < 1.29 is 4.74 Å². The molecular formula is C15H17IN2O. The number of halogens is 1. The van der Waals surface area contributed by atoms with E-state index in [1.165, 1.54) is 0 Å². The van der Waals surface area contributed by atoms with Crippen molar-refractivity contribution in [3.05, 3.63) is 46.0 Å². The molecule has 0 saturated carbocycles. The smallest absolute Gasteiger partial charge is 0.119 e.